The third-order valence-corrected chi connectivity index (χ3v) is 12.7. The Balaban J connectivity index is 0.000000145. The molecule has 0 amide bonds. The maximum atomic E-state index is 5.74. The molecule has 0 heterocycles. The smallest absolute Gasteiger partial charge is 0.0632 e. The van der Waals surface area contributed by atoms with E-state index in [9.17, 15) is 0 Å². The van der Waals surface area contributed by atoms with E-state index in [0.717, 1.165) is 18.5 Å². The molecule has 0 unspecified atom stereocenters. The van der Waals surface area contributed by atoms with Crippen molar-refractivity contribution in [3.63, 3.8) is 0 Å². The van der Waals surface area contributed by atoms with Gasteiger partial charge in [0.15, 0.2) is 0 Å². The predicted molar refractivity (Wildman–Crippen MR) is 309 cm³/mol. The summed E-state index contributed by atoms with van der Waals surface area (Å²) in [6, 6.07) is 83.2. The standard InChI is InChI=1S/C26H25N.C25H20.C18H17N/c1-4-22(23-9-6-5-7-10-23)17-20(2)25-11-8-12-26(18-25)24-15-13-21(14-16-24)19-27-3;1-19-13-15-21(16-14-19)23-10-6-12-25(18-23)24-11-5-9-22(17-24)20-7-3-2-4-8-20;19-18-11-9-15(10-12-18)17-8-4-7-16(13-17)14-5-2-1-3-6-14/h4-18H,3,19H2,1-2H3;2-18H,1H3;1-3,5-6,8-13H,4,7,19H2/b20-17+,22-4+;;. The number of hydrogen-bond donors (Lipinski definition) is 1. The zero-order valence-corrected chi connectivity index (χ0v) is 41.2. The molecule has 0 saturated heterocycles. The van der Waals surface area contributed by atoms with Crippen LogP contribution in [0, 0.1) is 6.92 Å². The number of allylic oxidation sites excluding steroid dienone is 8. The highest BCUT2D eigenvalue weighted by molar-refractivity contribution is 5.87. The first-order valence-electron chi connectivity index (χ1n) is 24.5. The summed E-state index contributed by atoms with van der Waals surface area (Å²) >= 11 is 0. The SMILES string of the molecule is C=NCc1ccc(-c2cccc(/C(C)=C/C(=C\C)c3ccccc3)c2)cc1.Cc1ccc(-c2cccc(-c3cccc(-c4ccccc4)c3)c2)cc1.Nc1ccc(C2=CCCC(c3ccccc3)=C2)cc1. The van der Waals surface area contributed by atoms with Gasteiger partial charge in [0.05, 0.1) is 6.54 Å². The minimum atomic E-state index is 0.660. The lowest BCUT2D eigenvalue weighted by molar-refractivity contribution is 1.06. The molecule has 10 rings (SSSR count). The summed E-state index contributed by atoms with van der Waals surface area (Å²) in [7, 11) is 0. The normalized spacial score (nSPS) is 12.3. The molecule has 71 heavy (non-hydrogen) atoms. The molecule has 1 aliphatic carbocycles. The molecule has 9 aromatic carbocycles. The summed E-state index contributed by atoms with van der Waals surface area (Å²) in [6.07, 6.45) is 11.2. The van der Waals surface area contributed by atoms with Crippen LogP contribution in [-0.2, 0) is 6.54 Å². The number of nitrogen functional groups attached to an aromatic ring is 1. The van der Waals surface area contributed by atoms with Crippen LogP contribution in [0.25, 0.3) is 66.8 Å². The van der Waals surface area contributed by atoms with Crippen LogP contribution in [-0.4, -0.2) is 6.72 Å². The van der Waals surface area contributed by atoms with Crippen LogP contribution < -0.4 is 5.73 Å². The monoisotopic (exact) mass is 918 g/mol. The van der Waals surface area contributed by atoms with E-state index in [0.29, 0.717) is 6.54 Å². The van der Waals surface area contributed by atoms with Crippen LogP contribution in [0.15, 0.2) is 266 Å². The van der Waals surface area contributed by atoms with Gasteiger partial charge in [-0.2, -0.15) is 0 Å². The summed E-state index contributed by atoms with van der Waals surface area (Å²) in [5.74, 6) is 0. The topological polar surface area (TPSA) is 38.4 Å². The first-order chi connectivity index (χ1) is 34.8. The minimum Gasteiger partial charge on any atom is -0.399 e. The first-order valence-corrected chi connectivity index (χ1v) is 24.5. The molecular weight excluding hydrogens is 857 g/mol. The molecule has 0 aliphatic heterocycles. The Morgan fingerprint density at radius 1 is 0.493 bits per heavy atom. The van der Waals surface area contributed by atoms with E-state index in [1.165, 1.54) is 100 Å². The van der Waals surface area contributed by atoms with Crippen LogP contribution >= 0.6 is 0 Å². The lowest BCUT2D eigenvalue weighted by Crippen LogP contribution is -1.93. The number of aliphatic imine (C=N–C) groups is 1. The van der Waals surface area contributed by atoms with E-state index >= 15 is 0 Å². The fourth-order valence-electron chi connectivity index (χ4n) is 8.75. The van der Waals surface area contributed by atoms with Gasteiger partial charge in [-0.3, -0.25) is 4.99 Å². The Hall–Kier alpha value is -8.59. The molecular formula is C69H62N2. The van der Waals surface area contributed by atoms with Crippen molar-refractivity contribution >= 4 is 34.7 Å². The lowest BCUT2D eigenvalue weighted by Gasteiger charge is -2.14. The van der Waals surface area contributed by atoms with E-state index in [-0.39, 0.29) is 0 Å². The number of hydrogen-bond acceptors (Lipinski definition) is 2. The molecule has 1 aliphatic rings. The molecule has 348 valence electrons. The van der Waals surface area contributed by atoms with Crippen LogP contribution in [0.5, 0.6) is 0 Å². The summed E-state index contributed by atoms with van der Waals surface area (Å²) in [5, 5.41) is 0. The second-order valence-corrected chi connectivity index (χ2v) is 17.8. The number of nitrogens with zero attached hydrogens (tertiary/aromatic N) is 1. The van der Waals surface area contributed by atoms with Gasteiger partial charge in [-0.15, -0.1) is 0 Å². The molecule has 0 spiro atoms. The van der Waals surface area contributed by atoms with Crippen molar-refractivity contribution in [2.24, 2.45) is 4.99 Å². The number of aryl methyl sites for hydroxylation is 1. The highest BCUT2D eigenvalue weighted by Gasteiger charge is 2.10. The Morgan fingerprint density at radius 3 is 1.51 bits per heavy atom. The van der Waals surface area contributed by atoms with Gasteiger partial charge >= 0.3 is 0 Å². The predicted octanol–water partition coefficient (Wildman–Crippen LogP) is 18.6. The average molecular weight is 919 g/mol. The average Bonchev–Trinajstić information content (AvgIpc) is 3.44. The van der Waals surface area contributed by atoms with Crippen molar-refractivity contribution in [3.8, 4) is 44.5 Å². The molecule has 2 nitrogen and oxygen atoms in total. The van der Waals surface area contributed by atoms with Crippen LogP contribution in [0.4, 0.5) is 5.69 Å². The van der Waals surface area contributed by atoms with Gasteiger partial charge in [-0.25, -0.2) is 0 Å². The van der Waals surface area contributed by atoms with Crippen molar-refractivity contribution in [1.82, 2.24) is 0 Å². The highest BCUT2D eigenvalue weighted by Crippen LogP contribution is 2.33. The second kappa shape index (κ2) is 24.6. The molecule has 0 aromatic heterocycles. The van der Waals surface area contributed by atoms with Gasteiger partial charge in [-0.05, 0) is 165 Å². The zero-order chi connectivity index (χ0) is 49.2. The molecule has 0 bridgehead atoms. The van der Waals surface area contributed by atoms with Crippen molar-refractivity contribution in [1.29, 1.82) is 0 Å². The Morgan fingerprint density at radius 2 is 0.944 bits per heavy atom. The fourth-order valence-corrected chi connectivity index (χ4v) is 8.75. The summed E-state index contributed by atoms with van der Waals surface area (Å²) < 4.78 is 0. The van der Waals surface area contributed by atoms with E-state index in [1.54, 1.807) is 0 Å². The molecule has 0 radical (unpaired) electrons. The van der Waals surface area contributed by atoms with Crippen molar-refractivity contribution in [3.05, 3.63) is 294 Å². The number of benzene rings is 9. The zero-order valence-electron chi connectivity index (χ0n) is 41.2. The van der Waals surface area contributed by atoms with Crippen LogP contribution in [0.2, 0.25) is 0 Å². The Bertz CT molecular complexity index is 3260. The summed E-state index contributed by atoms with van der Waals surface area (Å²) in [6.45, 7) is 10.6. The minimum absolute atomic E-state index is 0.660. The lowest BCUT2D eigenvalue weighted by atomic mass is 9.91. The van der Waals surface area contributed by atoms with Crippen molar-refractivity contribution < 1.29 is 0 Å². The second-order valence-electron chi connectivity index (χ2n) is 17.8. The first kappa shape index (κ1) is 48.9. The third kappa shape index (κ3) is 13.6. The Labute approximate surface area is 422 Å². The van der Waals surface area contributed by atoms with Gasteiger partial charge < -0.3 is 5.73 Å². The van der Waals surface area contributed by atoms with Crippen LogP contribution in [0.3, 0.4) is 0 Å². The van der Waals surface area contributed by atoms with Crippen LogP contribution in [0.1, 0.15) is 60.1 Å². The van der Waals surface area contributed by atoms with Gasteiger partial charge in [0, 0.05) is 5.69 Å². The van der Waals surface area contributed by atoms with Crippen molar-refractivity contribution in [2.75, 3.05) is 5.73 Å². The molecule has 2 heteroatoms. The van der Waals surface area contributed by atoms with E-state index in [2.05, 4.69) is 275 Å². The number of anilines is 1. The highest BCUT2D eigenvalue weighted by atomic mass is 14.7. The van der Waals surface area contributed by atoms with E-state index < -0.39 is 0 Å². The van der Waals surface area contributed by atoms with Gasteiger partial charge in [0.25, 0.3) is 0 Å². The summed E-state index contributed by atoms with van der Waals surface area (Å²) in [5.41, 5.74) is 29.2. The summed E-state index contributed by atoms with van der Waals surface area (Å²) in [4.78, 5) is 3.94. The molecule has 9 aromatic rings. The maximum Gasteiger partial charge on any atom is 0.0632 e. The quantitative estimate of drug-likeness (QED) is 0.0784. The Kier molecular flexibility index (Phi) is 16.9. The van der Waals surface area contributed by atoms with E-state index in [4.69, 9.17) is 5.73 Å². The molecule has 0 fully saturated rings. The largest absolute Gasteiger partial charge is 0.399 e. The van der Waals surface area contributed by atoms with E-state index in [1.807, 2.05) is 18.2 Å². The molecule has 2 N–H and O–H groups in total. The van der Waals surface area contributed by atoms with Gasteiger partial charge in [0.1, 0.15) is 0 Å². The number of nitrogens with two attached hydrogens (primary N) is 1. The van der Waals surface area contributed by atoms with Crippen molar-refractivity contribution in [2.45, 2.75) is 40.2 Å². The van der Waals surface area contributed by atoms with Gasteiger partial charge in [-0.1, -0.05) is 236 Å². The fraction of sp³-hybridized carbons (Fsp3) is 0.0870. The molecule has 0 saturated carbocycles. The maximum absolute atomic E-state index is 5.74. The third-order valence-electron chi connectivity index (χ3n) is 12.7. The number of rotatable bonds is 11. The van der Waals surface area contributed by atoms with Gasteiger partial charge in [0.2, 0.25) is 0 Å². The molecule has 0 atom stereocenters.